The molecule has 3 heteroatoms. The largest absolute Gasteiger partial charge is 0.479 e. The Balaban J connectivity index is 2.89. The van der Waals surface area contributed by atoms with Crippen LogP contribution >= 0.6 is 0 Å². The lowest BCUT2D eigenvalue weighted by Gasteiger charge is -2.15. The first-order chi connectivity index (χ1) is 7.56. The van der Waals surface area contributed by atoms with Gasteiger partial charge in [0.15, 0.2) is 6.10 Å². The number of rotatable bonds is 5. The molecule has 88 valence electrons. The highest BCUT2D eigenvalue weighted by Gasteiger charge is 2.19. The monoisotopic (exact) mass is 222 g/mol. The van der Waals surface area contributed by atoms with E-state index in [4.69, 9.17) is 9.84 Å². The molecule has 0 saturated carbocycles. The minimum absolute atomic E-state index is 0.419. The normalized spacial score (nSPS) is 12.4. The van der Waals surface area contributed by atoms with Crippen LogP contribution in [0.2, 0.25) is 0 Å². The molecule has 0 spiro atoms. The smallest absolute Gasteiger partial charge is 0.333 e. The number of benzene rings is 1. The topological polar surface area (TPSA) is 46.5 Å². The van der Waals surface area contributed by atoms with Crippen LogP contribution in [-0.4, -0.2) is 23.8 Å². The molecule has 0 aliphatic rings. The standard InChI is InChI=1S/C13H18O3/c1-4-16-12(13(14)15)8-11-9(2)6-5-7-10(11)3/h5-7,12H,4,8H2,1-3H3,(H,14,15)/t12-/m1/s1. The van der Waals surface area contributed by atoms with E-state index in [1.54, 1.807) is 6.92 Å². The number of aliphatic carboxylic acids is 1. The zero-order valence-electron chi connectivity index (χ0n) is 9.99. The van der Waals surface area contributed by atoms with E-state index < -0.39 is 12.1 Å². The Bertz CT molecular complexity index is 351. The van der Waals surface area contributed by atoms with Crippen LogP contribution in [0, 0.1) is 13.8 Å². The van der Waals surface area contributed by atoms with E-state index >= 15 is 0 Å². The Labute approximate surface area is 96.1 Å². The predicted octanol–water partition coefficient (Wildman–Crippen LogP) is 2.34. The fraction of sp³-hybridized carbons (Fsp3) is 0.462. The molecule has 1 rings (SSSR count). The summed E-state index contributed by atoms with van der Waals surface area (Å²) in [4.78, 5) is 11.0. The van der Waals surface area contributed by atoms with Gasteiger partial charge in [-0.1, -0.05) is 18.2 Å². The first-order valence-electron chi connectivity index (χ1n) is 5.45. The maximum Gasteiger partial charge on any atom is 0.333 e. The lowest BCUT2D eigenvalue weighted by molar-refractivity contribution is -0.149. The van der Waals surface area contributed by atoms with Gasteiger partial charge in [-0.2, -0.15) is 0 Å². The highest BCUT2D eigenvalue weighted by atomic mass is 16.5. The van der Waals surface area contributed by atoms with E-state index in [-0.39, 0.29) is 0 Å². The van der Waals surface area contributed by atoms with Crippen molar-refractivity contribution in [1.29, 1.82) is 0 Å². The van der Waals surface area contributed by atoms with Gasteiger partial charge in [0.05, 0.1) is 0 Å². The summed E-state index contributed by atoms with van der Waals surface area (Å²) in [6, 6.07) is 5.96. The summed E-state index contributed by atoms with van der Waals surface area (Å²) >= 11 is 0. The molecule has 0 unspecified atom stereocenters. The van der Waals surface area contributed by atoms with E-state index in [1.807, 2.05) is 32.0 Å². The van der Waals surface area contributed by atoms with Crippen LogP contribution in [0.5, 0.6) is 0 Å². The summed E-state index contributed by atoms with van der Waals surface area (Å²) in [5.74, 6) is -0.899. The van der Waals surface area contributed by atoms with Gasteiger partial charge in [0.2, 0.25) is 0 Å². The minimum atomic E-state index is -0.899. The minimum Gasteiger partial charge on any atom is -0.479 e. The number of carbonyl (C=O) groups is 1. The second-order valence-corrected chi connectivity index (χ2v) is 3.86. The Hall–Kier alpha value is -1.35. The first kappa shape index (κ1) is 12.7. The number of ether oxygens (including phenoxy) is 1. The molecule has 0 aliphatic carbocycles. The molecule has 0 amide bonds. The third-order valence-electron chi connectivity index (χ3n) is 2.68. The molecule has 1 aromatic carbocycles. The van der Waals surface area contributed by atoms with Crippen LogP contribution in [0.3, 0.4) is 0 Å². The third-order valence-corrected chi connectivity index (χ3v) is 2.68. The van der Waals surface area contributed by atoms with Gasteiger partial charge in [0.25, 0.3) is 0 Å². The molecular weight excluding hydrogens is 204 g/mol. The second-order valence-electron chi connectivity index (χ2n) is 3.86. The zero-order valence-corrected chi connectivity index (χ0v) is 9.99. The Kier molecular flexibility index (Phi) is 4.50. The Morgan fingerprint density at radius 2 is 1.94 bits per heavy atom. The van der Waals surface area contributed by atoms with Crippen molar-refractivity contribution >= 4 is 5.97 Å². The van der Waals surface area contributed by atoms with Crippen LogP contribution in [0.15, 0.2) is 18.2 Å². The van der Waals surface area contributed by atoms with Crippen LogP contribution in [0.1, 0.15) is 23.6 Å². The molecule has 0 aliphatic heterocycles. The van der Waals surface area contributed by atoms with Crippen LogP contribution < -0.4 is 0 Å². The van der Waals surface area contributed by atoms with Crippen molar-refractivity contribution in [1.82, 2.24) is 0 Å². The van der Waals surface area contributed by atoms with Gasteiger partial charge in [0, 0.05) is 13.0 Å². The fourth-order valence-corrected chi connectivity index (χ4v) is 1.78. The molecule has 0 fully saturated rings. The highest BCUT2D eigenvalue weighted by molar-refractivity contribution is 5.73. The SMILES string of the molecule is CCO[C@H](Cc1c(C)cccc1C)C(=O)O. The molecule has 3 nitrogen and oxygen atoms in total. The highest BCUT2D eigenvalue weighted by Crippen LogP contribution is 2.16. The average molecular weight is 222 g/mol. The van der Waals surface area contributed by atoms with Crippen LogP contribution in [0.25, 0.3) is 0 Å². The number of aryl methyl sites for hydroxylation is 2. The van der Waals surface area contributed by atoms with Crippen molar-refractivity contribution in [2.75, 3.05) is 6.61 Å². The molecule has 1 N–H and O–H groups in total. The molecule has 1 aromatic rings. The molecule has 0 heterocycles. The maximum atomic E-state index is 11.0. The summed E-state index contributed by atoms with van der Waals surface area (Å²) in [7, 11) is 0. The number of hydrogen-bond donors (Lipinski definition) is 1. The van der Waals surface area contributed by atoms with E-state index in [9.17, 15) is 4.79 Å². The van der Waals surface area contributed by atoms with Crippen molar-refractivity contribution in [3.8, 4) is 0 Å². The molecule has 1 atom stereocenters. The molecule has 0 radical (unpaired) electrons. The fourth-order valence-electron chi connectivity index (χ4n) is 1.78. The van der Waals surface area contributed by atoms with Crippen molar-refractivity contribution in [2.24, 2.45) is 0 Å². The van der Waals surface area contributed by atoms with Gasteiger partial charge in [0.1, 0.15) is 0 Å². The van der Waals surface area contributed by atoms with Gasteiger partial charge >= 0.3 is 5.97 Å². The van der Waals surface area contributed by atoms with E-state index in [1.165, 1.54) is 0 Å². The quantitative estimate of drug-likeness (QED) is 0.831. The lowest BCUT2D eigenvalue weighted by atomic mass is 9.97. The second kappa shape index (κ2) is 5.66. The molecule has 0 saturated heterocycles. The number of hydrogen-bond acceptors (Lipinski definition) is 2. The van der Waals surface area contributed by atoms with Crippen LogP contribution in [-0.2, 0) is 16.0 Å². The first-order valence-corrected chi connectivity index (χ1v) is 5.45. The van der Waals surface area contributed by atoms with Gasteiger partial charge in [-0.15, -0.1) is 0 Å². The van der Waals surface area contributed by atoms with Crippen molar-refractivity contribution in [3.63, 3.8) is 0 Å². The van der Waals surface area contributed by atoms with Crippen molar-refractivity contribution in [2.45, 2.75) is 33.3 Å². The maximum absolute atomic E-state index is 11.0. The molecule has 0 aromatic heterocycles. The van der Waals surface area contributed by atoms with Gasteiger partial charge in [-0.3, -0.25) is 0 Å². The Morgan fingerprint density at radius 1 is 1.38 bits per heavy atom. The summed E-state index contributed by atoms with van der Waals surface area (Å²) in [6.45, 7) is 6.21. The Morgan fingerprint density at radius 3 is 2.38 bits per heavy atom. The van der Waals surface area contributed by atoms with Gasteiger partial charge in [-0.25, -0.2) is 4.79 Å². The summed E-state index contributed by atoms with van der Waals surface area (Å²) in [5.41, 5.74) is 3.31. The number of carboxylic acid groups (broad SMARTS) is 1. The average Bonchev–Trinajstić information content (AvgIpc) is 2.21. The summed E-state index contributed by atoms with van der Waals surface area (Å²) < 4.78 is 5.22. The van der Waals surface area contributed by atoms with E-state index in [0.29, 0.717) is 13.0 Å². The van der Waals surface area contributed by atoms with Gasteiger partial charge < -0.3 is 9.84 Å². The lowest BCUT2D eigenvalue weighted by Crippen LogP contribution is -2.27. The zero-order chi connectivity index (χ0) is 12.1. The van der Waals surface area contributed by atoms with Gasteiger partial charge in [-0.05, 0) is 37.5 Å². The molecular formula is C13H18O3. The van der Waals surface area contributed by atoms with Crippen molar-refractivity contribution < 1.29 is 14.6 Å². The van der Waals surface area contributed by atoms with Crippen molar-refractivity contribution in [3.05, 3.63) is 34.9 Å². The molecule has 16 heavy (non-hydrogen) atoms. The molecule has 0 bridgehead atoms. The summed E-state index contributed by atoms with van der Waals surface area (Å²) in [6.07, 6.45) is -0.313. The van der Waals surface area contributed by atoms with Crippen LogP contribution in [0.4, 0.5) is 0 Å². The van der Waals surface area contributed by atoms with E-state index in [2.05, 4.69) is 0 Å². The van der Waals surface area contributed by atoms with E-state index in [0.717, 1.165) is 16.7 Å². The summed E-state index contributed by atoms with van der Waals surface area (Å²) in [5, 5.41) is 9.02. The number of carboxylic acids is 1. The predicted molar refractivity (Wildman–Crippen MR) is 62.7 cm³/mol. The third kappa shape index (κ3) is 3.07.